The molecule has 0 bridgehead atoms. The van der Waals surface area contributed by atoms with Crippen LogP contribution in [-0.4, -0.2) is 19.0 Å². The Morgan fingerprint density at radius 1 is 1.39 bits per heavy atom. The quantitative estimate of drug-likeness (QED) is 0.699. The maximum atomic E-state index is 11.8. The fraction of sp³-hybridized carbons (Fsp3) is 0.933. The van der Waals surface area contributed by atoms with E-state index in [4.69, 9.17) is 5.73 Å². The van der Waals surface area contributed by atoms with Crippen molar-refractivity contribution in [3.8, 4) is 0 Å². The van der Waals surface area contributed by atoms with Crippen molar-refractivity contribution in [2.75, 3.05) is 13.1 Å². The summed E-state index contributed by atoms with van der Waals surface area (Å²) in [6, 6.07) is 0. The van der Waals surface area contributed by atoms with Gasteiger partial charge in [-0.1, -0.05) is 27.7 Å². The highest BCUT2D eigenvalue weighted by molar-refractivity contribution is 5.75. The molecule has 2 atom stereocenters. The SMILES string of the molecule is CC(C)C(CCN)CCC(=O)NCC1CC1(C)C. The van der Waals surface area contributed by atoms with E-state index in [0.717, 1.165) is 25.9 Å². The molecule has 0 aliphatic heterocycles. The van der Waals surface area contributed by atoms with Gasteiger partial charge in [0, 0.05) is 13.0 Å². The lowest BCUT2D eigenvalue weighted by Crippen LogP contribution is -2.27. The predicted molar refractivity (Wildman–Crippen MR) is 76.1 cm³/mol. The predicted octanol–water partition coefficient (Wildman–Crippen LogP) is 2.55. The van der Waals surface area contributed by atoms with E-state index < -0.39 is 0 Å². The molecule has 1 fully saturated rings. The number of carbonyl (C=O) groups excluding carboxylic acids is 1. The van der Waals surface area contributed by atoms with Crippen LogP contribution in [0.5, 0.6) is 0 Å². The highest BCUT2D eigenvalue weighted by Gasteiger charge is 2.45. The summed E-state index contributed by atoms with van der Waals surface area (Å²) in [5.74, 6) is 2.09. The second-order valence-electron chi connectivity index (χ2n) is 6.81. The first kappa shape index (κ1) is 15.5. The van der Waals surface area contributed by atoms with Crippen LogP contribution in [0.1, 0.15) is 53.4 Å². The summed E-state index contributed by atoms with van der Waals surface area (Å²) in [6.45, 7) is 10.5. The van der Waals surface area contributed by atoms with Gasteiger partial charge in [0.05, 0.1) is 0 Å². The van der Waals surface area contributed by atoms with Crippen LogP contribution in [0.4, 0.5) is 0 Å². The van der Waals surface area contributed by atoms with Crippen LogP contribution in [-0.2, 0) is 4.79 Å². The van der Waals surface area contributed by atoms with Crippen molar-refractivity contribution in [3.63, 3.8) is 0 Å². The van der Waals surface area contributed by atoms with Gasteiger partial charge in [-0.05, 0) is 49.0 Å². The molecular formula is C15H30N2O. The second-order valence-corrected chi connectivity index (χ2v) is 6.81. The summed E-state index contributed by atoms with van der Waals surface area (Å²) in [5.41, 5.74) is 6.06. The van der Waals surface area contributed by atoms with Gasteiger partial charge in [0.15, 0.2) is 0 Å². The van der Waals surface area contributed by atoms with Crippen LogP contribution < -0.4 is 11.1 Å². The molecule has 2 unspecified atom stereocenters. The summed E-state index contributed by atoms with van der Waals surface area (Å²) in [7, 11) is 0. The highest BCUT2D eigenvalue weighted by atomic mass is 16.1. The third kappa shape index (κ3) is 4.97. The Kier molecular flexibility index (Phi) is 5.64. The molecule has 1 rings (SSSR count). The maximum Gasteiger partial charge on any atom is 0.220 e. The molecule has 0 saturated heterocycles. The van der Waals surface area contributed by atoms with Gasteiger partial charge in [0.1, 0.15) is 0 Å². The fourth-order valence-electron chi connectivity index (χ4n) is 2.59. The van der Waals surface area contributed by atoms with Gasteiger partial charge in [-0.15, -0.1) is 0 Å². The molecular weight excluding hydrogens is 224 g/mol. The largest absolute Gasteiger partial charge is 0.356 e. The van der Waals surface area contributed by atoms with Gasteiger partial charge < -0.3 is 11.1 Å². The zero-order chi connectivity index (χ0) is 13.8. The van der Waals surface area contributed by atoms with Gasteiger partial charge in [0.2, 0.25) is 5.91 Å². The number of rotatable bonds is 8. The van der Waals surface area contributed by atoms with Crippen molar-refractivity contribution in [2.45, 2.75) is 53.4 Å². The molecule has 18 heavy (non-hydrogen) atoms. The first-order valence-corrected chi connectivity index (χ1v) is 7.33. The minimum Gasteiger partial charge on any atom is -0.356 e. The number of amides is 1. The fourth-order valence-corrected chi connectivity index (χ4v) is 2.59. The van der Waals surface area contributed by atoms with E-state index >= 15 is 0 Å². The van der Waals surface area contributed by atoms with Crippen molar-refractivity contribution in [1.29, 1.82) is 0 Å². The maximum absolute atomic E-state index is 11.8. The molecule has 0 radical (unpaired) electrons. The van der Waals surface area contributed by atoms with E-state index in [1.807, 2.05) is 0 Å². The molecule has 3 nitrogen and oxygen atoms in total. The molecule has 0 spiro atoms. The highest BCUT2D eigenvalue weighted by Crippen LogP contribution is 2.50. The van der Waals surface area contributed by atoms with Crippen molar-refractivity contribution in [1.82, 2.24) is 5.32 Å². The second kappa shape index (κ2) is 6.55. The molecule has 3 N–H and O–H groups in total. The minimum atomic E-state index is 0.209. The summed E-state index contributed by atoms with van der Waals surface area (Å²) >= 11 is 0. The molecule has 1 saturated carbocycles. The standard InChI is InChI=1S/C15H30N2O/c1-11(2)12(7-8-16)5-6-14(18)17-10-13-9-15(13,3)4/h11-13H,5-10,16H2,1-4H3,(H,17,18). The summed E-state index contributed by atoms with van der Waals surface area (Å²) in [4.78, 5) is 11.8. The first-order valence-electron chi connectivity index (χ1n) is 7.33. The average Bonchev–Trinajstić information content (AvgIpc) is 2.89. The topological polar surface area (TPSA) is 55.1 Å². The molecule has 0 aromatic carbocycles. The molecule has 106 valence electrons. The van der Waals surface area contributed by atoms with E-state index in [1.54, 1.807) is 0 Å². The normalized spacial score (nSPS) is 22.9. The zero-order valence-corrected chi connectivity index (χ0v) is 12.5. The Labute approximate surface area is 112 Å². The van der Waals surface area contributed by atoms with Crippen LogP contribution in [0.15, 0.2) is 0 Å². The number of hydrogen-bond acceptors (Lipinski definition) is 2. The lowest BCUT2D eigenvalue weighted by molar-refractivity contribution is -0.121. The van der Waals surface area contributed by atoms with Crippen molar-refractivity contribution >= 4 is 5.91 Å². The van der Waals surface area contributed by atoms with Gasteiger partial charge in [0.25, 0.3) is 0 Å². The number of nitrogens with two attached hydrogens (primary N) is 1. The van der Waals surface area contributed by atoms with Crippen LogP contribution in [0.3, 0.4) is 0 Å². The lowest BCUT2D eigenvalue weighted by atomic mass is 9.88. The van der Waals surface area contributed by atoms with E-state index in [-0.39, 0.29) is 5.91 Å². The molecule has 0 heterocycles. The third-order valence-corrected chi connectivity index (χ3v) is 4.49. The number of hydrogen-bond donors (Lipinski definition) is 2. The van der Waals surface area contributed by atoms with E-state index in [2.05, 4.69) is 33.0 Å². The van der Waals surface area contributed by atoms with Crippen LogP contribution in [0.25, 0.3) is 0 Å². The smallest absolute Gasteiger partial charge is 0.220 e. The Morgan fingerprint density at radius 2 is 2.00 bits per heavy atom. The molecule has 3 heteroatoms. The van der Waals surface area contributed by atoms with Gasteiger partial charge in [-0.25, -0.2) is 0 Å². The molecule has 1 aliphatic rings. The van der Waals surface area contributed by atoms with Crippen LogP contribution in [0, 0.1) is 23.2 Å². The lowest BCUT2D eigenvalue weighted by Gasteiger charge is -2.19. The van der Waals surface area contributed by atoms with Crippen LogP contribution in [0.2, 0.25) is 0 Å². The Morgan fingerprint density at radius 3 is 2.44 bits per heavy atom. The summed E-state index contributed by atoms with van der Waals surface area (Å²) in [6.07, 6.45) is 3.89. The van der Waals surface area contributed by atoms with Crippen molar-refractivity contribution < 1.29 is 4.79 Å². The first-order chi connectivity index (χ1) is 8.36. The third-order valence-electron chi connectivity index (χ3n) is 4.49. The van der Waals surface area contributed by atoms with E-state index in [9.17, 15) is 4.79 Å². The molecule has 1 aliphatic carbocycles. The zero-order valence-electron chi connectivity index (χ0n) is 12.5. The number of carbonyl (C=O) groups is 1. The Bertz CT molecular complexity index is 274. The number of nitrogens with one attached hydrogen (secondary N) is 1. The average molecular weight is 254 g/mol. The van der Waals surface area contributed by atoms with Crippen molar-refractivity contribution in [2.24, 2.45) is 28.9 Å². The van der Waals surface area contributed by atoms with Gasteiger partial charge >= 0.3 is 0 Å². The van der Waals surface area contributed by atoms with Crippen molar-refractivity contribution in [3.05, 3.63) is 0 Å². The molecule has 1 amide bonds. The summed E-state index contributed by atoms with van der Waals surface area (Å²) in [5, 5.41) is 3.07. The summed E-state index contributed by atoms with van der Waals surface area (Å²) < 4.78 is 0. The van der Waals surface area contributed by atoms with E-state index in [1.165, 1.54) is 6.42 Å². The minimum absolute atomic E-state index is 0.209. The Hall–Kier alpha value is -0.570. The van der Waals surface area contributed by atoms with Gasteiger partial charge in [-0.2, -0.15) is 0 Å². The molecule has 0 aromatic heterocycles. The van der Waals surface area contributed by atoms with Crippen LogP contribution >= 0.6 is 0 Å². The monoisotopic (exact) mass is 254 g/mol. The Balaban J connectivity index is 2.15. The van der Waals surface area contributed by atoms with Gasteiger partial charge in [-0.3, -0.25) is 4.79 Å². The van der Waals surface area contributed by atoms with E-state index in [0.29, 0.717) is 29.6 Å². The molecule has 0 aromatic rings.